The van der Waals surface area contributed by atoms with E-state index in [1.54, 1.807) is 0 Å². The van der Waals surface area contributed by atoms with Crippen LogP contribution in [0.5, 0.6) is 0 Å². The number of hydrogen-bond acceptors (Lipinski definition) is 2. The van der Waals surface area contributed by atoms with Crippen molar-refractivity contribution in [3.05, 3.63) is 35.9 Å². The summed E-state index contributed by atoms with van der Waals surface area (Å²) in [5.41, 5.74) is 1.19. The van der Waals surface area contributed by atoms with Crippen molar-refractivity contribution < 1.29 is 9.59 Å². The van der Waals surface area contributed by atoms with Gasteiger partial charge in [-0.1, -0.05) is 39.0 Å². The number of amides is 2. The summed E-state index contributed by atoms with van der Waals surface area (Å²) in [5, 5.41) is 3.43. The Labute approximate surface area is 187 Å². The normalized spacial score (nSPS) is 44.3. The Balaban J connectivity index is 1.39. The van der Waals surface area contributed by atoms with Crippen LogP contribution >= 0.6 is 0 Å². The fourth-order valence-corrected chi connectivity index (χ4v) is 8.53. The predicted molar refractivity (Wildman–Crippen MR) is 122 cm³/mol. The fourth-order valence-electron chi connectivity index (χ4n) is 8.53. The smallest absolute Gasteiger partial charge is 0.251 e. The average molecular weight is 423 g/mol. The number of piperidine rings is 1. The molecule has 168 valence electrons. The number of benzene rings is 1. The maximum absolute atomic E-state index is 12.9. The molecule has 4 nitrogen and oxygen atoms in total. The van der Waals surface area contributed by atoms with E-state index in [2.05, 4.69) is 31.0 Å². The largest absolute Gasteiger partial charge is 0.349 e. The molecule has 1 aromatic carbocycles. The lowest BCUT2D eigenvalue weighted by atomic mass is 9.45. The van der Waals surface area contributed by atoms with Gasteiger partial charge in [0, 0.05) is 31.1 Å². The Kier molecular flexibility index (Phi) is 4.99. The molecule has 3 aliphatic carbocycles. The number of carbonyl (C=O) groups excluding carboxylic acids is 2. The van der Waals surface area contributed by atoms with Crippen LogP contribution < -0.4 is 5.32 Å². The number of hydrogen-bond donors (Lipinski definition) is 1. The summed E-state index contributed by atoms with van der Waals surface area (Å²) in [6.45, 7) is 7.37. The fraction of sp³-hybridized carbons (Fsp3) is 0.704. The van der Waals surface area contributed by atoms with Crippen LogP contribution in [-0.2, 0) is 4.79 Å². The zero-order valence-electron chi connectivity index (χ0n) is 19.6. The number of rotatable bonds is 2. The minimum absolute atomic E-state index is 0.0748. The molecule has 2 amide bonds. The molecule has 3 unspecified atom stereocenters. The van der Waals surface area contributed by atoms with E-state index in [1.165, 1.54) is 19.3 Å². The van der Waals surface area contributed by atoms with Crippen molar-refractivity contribution in [3.63, 3.8) is 0 Å². The molecule has 8 atom stereocenters. The Morgan fingerprint density at radius 3 is 2.48 bits per heavy atom. The molecule has 1 aromatic rings. The van der Waals surface area contributed by atoms with E-state index in [4.69, 9.17) is 0 Å². The van der Waals surface area contributed by atoms with Gasteiger partial charge in [-0.3, -0.25) is 9.59 Å². The SMILES string of the molecule is CC1CC2N(C)C(=O)CC[C@]2(C)[C@@H]2CC[C@]3(C)C(NC(=O)c4ccccc4)CC[C@H]3[C@H]12. The van der Waals surface area contributed by atoms with Crippen molar-refractivity contribution in [1.82, 2.24) is 10.2 Å². The molecule has 0 radical (unpaired) electrons. The maximum Gasteiger partial charge on any atom is 0.251 e. The molecular weight excluding hydrogens is 384 g/mol. The molecule has 4 fully saturated rings. The van der Waals surface area contributed by atoms with Gasteiger partial charge in [0.1, 0.15) is 0 Å². The van der Waals surface area contributed by atoms with Crippen LogP contribution in [0.2, 0.25) is 0 Å². The quantitative estimate of drug-likeness (QED) is 0.737. The van der Waals surface area contributed by atoms with Crippen LogP contribution in [0.4, 0.5) is 0 Å². The summed E-state index contributed by atoms with van der Waals surface area (Å²) in [6.07, 6.45) is 7.62. The van der Waals surface area contributed by atoms with Crippen molar-refractivity contribution in [2.45, 2.75) is 77.8 Å². The Morgan fingerprint density at radius 2 is 1.74 bits per heavy atom. The standard InChI is InChI=1S/C27H38N2O2/c1-17-16-22-27(3,15-13-23(30)29(22)4)20-12-14-26(2)19(24(17)20)10-11-21(26)28-25(31)18-8-6-5-7-9-18/h5-9,17,19-22,24H,10-16H2,1-4H3,(H,28,31)/t17?,19-,20+,21?,22?,24-,26-,27+/m0/s1. The van der Waals surface area contributed by atoms with Crippen LogP contribution in [0.15, 0.2) is 30.3 Å². The molecule has 4 heteroatoms. The number of nitrogens with one attached hydrogen (secondary N) is 1. The molecule has 0 aromatic heterocycles. The van der Waals surface area contributed by atoms with E-state index < -0.39 is 0 Å². The number of nitrogens with zero attached hydrogens (tertiary/aromatic N) is 1. The summed E-state index contributed by atoms with van der Waals surface area (Å²) < 4.78 is 0. The summed E-state index contributed by atoms with van der Waals surface area (Å²) >= 11 is 0. The lowest BCUT2D eigenvalue weighted by molar-refractivity contribution is -0.165. The molecule has 3 saturated carbocycles. The number of fused-ring (bicyclic) bond motifs is 5. The highest BCUT2D eigenvalue weighted by molar-refractivity contribution is 5.94. The molecule has 0 spiro atoms. The van der Waals surface area contributed by atoms with Crippen LogP contribution in [-0.4, -0.2) is 35.8 Å². The second kappa shape index (κ2) is 7.35. The van der Waals surface area contributed by atoms with Gasteiger partial charge in [-0.25, -0.2) is 0 Å². The first-order chi connectivity index (χ1) is 14.8. The zero-order chi connectivity index (χ0) is 22.0. The first-order valence-corrected chi connectivity index (χ1v) is 12.4. The van der Waals surface area contributed by atoms with Gasteiger partial charge in [0.2, 0.25) is 5.91 Å². The second-order valence-corrected chi connectivity index (χ2v) is 11.5. The molecule has 1 N–H and O–H groups in total. The molecule has 1 aliphatic heterocycles. The highest BCUT2D eigenvalue weighted by Gasteiger charge is 2.63. The third-order valence-corrected chi connectivity index (χ3v) is 10.3. The van der Waals surface area contributed by atoms with Gasteiger partial charge < -0.3 is 10.2 Å². The van der Waals surface area contributed by atoms with E-state index >= 15 is 0 Å². The predicted octanol–water partition coefficient (Wildman–Crippen LogP) is 4.89. The lowest BCUT2D eigenvalue weighted by Gasteiger charge is -2.63. The molecule has 31 heavy (non-hydrogen) atoms. The van der Waals surface area contributed by atoms with Crippen LogP contribution in [0.25, 0.3) is 0 Å². The van der Waals surface area contributed by atoms with Gasteiger partial charge in [0.05, 0.1) is 0 Å². The van der Waals surface area contributed by atoms with Crippen LogP contribution in [0, 0.1) is 34.5 Å². The van der Waals surface area contributed by atoms with E-state index in [0.717, 1.165) is 24.8 Å². The Hall–Kier alpha value is -1.84. The van der Waals surface area contributed by atoms with Gasteiger partial charge in [-0.15, -0.1) is 0 Å². The summed E-state index contributed by atoms with van der Waals surface area (Å²) in [6, 6.07) is 10.3. The molecule has 1 saturated heterocycles. The number of likely N-dealkylation sites (tertiary alicyclic amines) is 1. The van der Waals surface area contributed by atoms with Crippen LogP contribution in [0.1, 0.15) is 76.1 Å². The van der Waals surface area contributed by atoms with Gasteiger partial charge in [0.15, 0.2) is 0 Å². The van der Waals surface area contributed by atoms with E-state index in [-0.39, 0.29) is 22.8 Å². The van der Waals surface area contributed by atoms with Crippen LogP contribution in [0.3, 0.4) is 0 Å². The van der Waals surface area contributed by atoms with E-state index in [0.29, 0.717) is 42.0 Å². The summed E-state index contributed by atoms with van der Waals surface area (Å²) in [4.78, 5) is 27.4. The number of carbonyl (C=O) groups is 2. The summed E-state index contributed by atoms with van der Waals surface area (Å²) in [5.74, 6) is 3.11. The van der Waals surface area contributed by atoms with Gasteiger partial charge >= 0.3 is 0 Å². The zero-order valence-corrected chi connectivity index (χ0v) is 19.6. The highest BCUT2D eigenvalue weighted by atomic mass is 16.2. The lowest BCUT2D eigenvalue weighted by Crippen LogP contribution is -2.63. The second-order valence-electron chi connectivity index (χ2n) is 11.5. The Bertz CT molecular complexity index is 869. The summed E-state index contributed by atoms with van der Waals surface area (Å²) in [7, 11) is 2.04. The van der Waals surface area contributed by atoms with Crippen molar-refractivity contribution in [3.8, 4) is 0 Å². The molecular formula is C27H38N2O2. The molecule has 0 bridgehead atoms. The maximum atomic E-state index is 12.9. The topological polar surface area (TPSA) is 49.4 Å². The molecule has 4 aliphatic rings. The van der Waals surface area contributed by atoms with Gasteiger partial charge in [-0.2, -0.15) is 0 Å². The first-order valence-electron chi connectivity index (χ1n) is 12.4. The van der Waals surface area contributed by atoms with Crippen molar-refractivity contribution in [2.75, 3.05) is 7.05 Å². The molecule has 5 rings (SSSR count). The van der Waals surface area contributed by atoms with E-state index in [1.807, 2.05) is 37.4 Å². The minimum atomic E-state index is 0.0748. The van der Waals surface area contributed by atoms with Crippen molar-refractivity contribution >= 4 is 11.8 Å². The van der Waals surface area contributed by atoms with E-state index in [9.17, 15) is 9.59 Å². The van der Waals surface area contributed by atoms with Crippen molar-refractivity contribution in [1.29, 1.82) is 0 Å². The third kappa shape index (κ3) is 3.08. The van der Waals surface area contributed by atoms with Gasteiger partial charge in [-0.05, 0) is 85.2 Å². The third-order valence-electron chi connectivity index (χ3n) is 10.3. The van der Waals surface area contributed by atoms with Crippen molar-refractivity contribution in [2.24, 2.45) is 34.5 Å². The average Bonchev–Trinajstić information content (AvgIpc) is 3.09. The molecule has 1 heterocycles. The monoisotopic (exact) mass is 422 g/mol. The highest BCUT2D eigenvalue weighted by Crippen LogP contribution is 2.65. The van der Waals surface area contributed by atoms with Gasteiger partial charge in [0.25, 0.3) is 5.91 Å². The Morgan fingerprint density at radius 1 is 1.03 bits per heavy atom. The minimum Gasteiger partial charge on any atom is -0.349 e. The first kappa shape index (κ1) is 21.0.